The zero-order valence-corrected chi connectivity index (χ0v) is 12.1. The van der Waals surface area contributed by atoms with E-state index in [2.05, 4.69) is 17.1 Å². The summed E-state index contributed by atoms with van der Waals surface area (Å²) in [4.78, 5) is 14.7. The van der Waals surface area contributed by atoms with E-state index in [0.717, 1.165) is 22.9 Å². The van der Waals surface area contributed by atoms with Gasteiger partial charge in [-0.25, -0.2) is 0 Å². The number of nitrogens with zero attached hydrogens (tertiary/aromatic N) is 2. The maximum Gasteiger partial charge on any atom is 0.256 e. The first kappa shape index (κ1) is 13.2. The molecule has 106 valence electrons. The lowest BCUT2D eigenvalue weighted by Crippen LogP contribution is -2.42. The van der Waals surface area contributed by atoms with E-state index < -0.39 is 0 Å². The summed E-state index contributed by atoms with van der Waals surface area (Å²) in [7, 11) is 1.93. The largest absolute Gasteiger partial charge is 0.338 e. The van der Waals surface area contributed by atoms with Crippen LogP contribution in [0, 0.1) is 5.92 Å². The second-order valence-corrected chi connectivity index (χ2v) is 5.88. The zero-order valence-electron chi connectivity index (χ0n) is 12.1. The topological polar surface area (TPSA) is 49.0 Å². The number of fused-ring (bicyclic) bond motifs is 1. The minimum atomic E-state index is 0.0959. The summed E-state index contributed by atoms with van der Waals surface area (Å²) >= 11 is 0. The van der Waals surface area contributed by atoms with E-state index in [1.165, 1.54) is 19.3 Å². The average molecular weight is 271 g/mol. The van der Waals surface area contributed by atoms with Crippen LogP contribution in [0.3, 0.4) is 0 Å². The van der Waals surface area contributed by atoms with Crippen LogP contribution in [-0.2, 0) is 0 Å². The van der Waals surface area contributed by atoms with Crippen LogP contribution < -0.4 is 0 Å². The molecule has 1 N–H and O–H groups in total. The summed E-state index contributed by atoms with van der Waals surface area (Å²) in [6.45, 7) is 2.25. The molecule has 1 heterocycles. The van der Waals surface area contributed by atoms with Gasteiger partial charge in [-0.1, -0.05) is 31.9 Å². The predicted octanol–water partition coefficient (Wildman–Crippen LogP) is 3.21. The first-order valence-corrected chi connectivity index (χ1v) is 7.37. The van der Waals surface area contributed by atoms with Crippen LogP contribution in [0.15, 0.2) is 24.4 Å². The van der Waals surface area contributed by atoms with Gasteiger partial charge < -0.3 is 4.90 Å². The molecule has 1 fully saturated rings. The smallest absolute Gasteiger partial charge is 0.256 e. The number of carbonyl (C=O) groups is 1. The van der Waals surface area contributed by atoms with Gasteiger partial charge in [-0.3, -0.25) is 9.89 Å². The Hall–Kier alpha value is -1.84. The van der Waals surface area contributed by atoms with Gasteiger partial charge in [0.15, 0.2) is 0 Å². The van der Waals surface area contributed by atoms with Crippen molar-refractivity contribution >= 4 is 16.8 Å². The van der Waals surface area contributed by atoms with E-state index >= 15 is 0 Å². The molecule has 4 heteroatoms. The van der Waals surface area contributed by atoms with Crippen LogP contribution in [0.2, 0.25) is 0 Å². The molecule has 4 nitrogen and oxygen atoms in total. The summed E-state index contributed by atoms with van der Waals surface area (Å²) in [5, 5.41) is 7.96. The number of hydrogen-bond donors (Lipinski definition) is 1. The summed E-state index contributed by atoms with van der Waals surface area (Å²) in [5.41, 5.74) is 1.56. The van der Waals surface area contributed by atoms with Crippen LogP contribution >= 0.6 is 0 Å². The summed E-state index contributed by atoms with van der Waals surface area (Å²) in [6, 6.07) is 6.13. The number of aromatic amines is 1. The molecule has 0 radical (unpaired) electrons. The van der Waals surface area contributed by atoms with Crippen LogP contribution in [0.5, 0.6) is 0 Å². The van der Waals surface area contributed by atoms with Gasteiger partial charge in [-0.2, -0.15) is 5.10 Å². The second kappa shape index (κ2) is 5.27. The minimum Gasteiger partial charge on any atom is -0.338 e. The van der Waals surface area contributed by atoms with Gasteiger partial charge in [-0.15, -0.1) is 0 Å². The van der Waals surface area contributed by atoms with Crippen molar-refractivity contribution < 1.29 is 4.79 Å². The highest BCUT2D eigenvalue weighted by Crippen LogP contribution is 2.29. The molecule has 0 aliphatic heterocycles. The molecule has 1 aromatic carbocycles. The predicted molar refractivity (Wildman–Crippen MR) is 79.6 cm³/mol. The fourth-order valence-corrected chi connectivity index (χ4v) is 3.36. The highest BCUT2D eigenvalue weighted by Gasteiger charge is 2.29. The lowest BCUT2D eigenvalue weighted by atomic mass is 9.85. The highest BCUT2D eigenvalue weighted by molar-refractivity contribution is 6.05. The van der Waals surface area contributed by atoms with E-state index in [-0.39, 0.29) is 5.91 Å². The fourth-order valence-electron chi connectivity index (χ4n) is 3.36. The number of amides is 1. The van der Waals surface area contributed by atoms with Crippen molar-refractivity contribution in [1.29, 1.82) is 0 Å². The molecule has 1 aliphatic rings. The second-order valence-electron chi connectivity index (χ2n) is 5.88. The van der Waals surface area contributed by atoms with Crippen molar-refractivity contribution in [2.45, 2.75) is 38.6 Å². The van der Waals surface area contributed by atoms with Crippen molar-refractivity contribution in [3.8, 4) is 0 Å². The Morgan fingerprint density at radius 3 is 2.95 bits per heavy atom. The third-order valence-electron chi connectivity index (χ3n) is 4.59. The average Bonchev–Trinajstić information content (AvgIpc) is 2.94. The normalized spacial score (nSPS) is 22.9. The Kier molecular flexibility index (Phi) is 3.47. The van der Waals surface area contributed by atoms with Crippen molar-refractivity contribution in [2.24, 2.45) is 5.92 Å². The van der Waals surface area contributed by atoms with Crippen LogP contribution in [0.4, 0.5) is 0 Å². The fraction of sp³-hybridized carbons (Fsp3) is 0.500. The van der Waals surface area contributed by atoms with Crippen molar-refractivity contribution in [1.82, 2.24) is 15.1 Å². The van der Waals surface area contributed by atoms with Gasteiger partial charge in [0, 0.05) is 18.5 Å². The Bertz CT molecular complexity index is 619. The number of aromatic nitrogens is 2. The van der Waals surface area contributed by atoms with Crippen LogP contribution in [-0.4, -0.2) is 34.1 Å². The first-order valence-electron chi connectivity index (χ1n) is 7.37. The minimum absolute atomic E-state index is 0.0959. The number of nitrogens with one attached hydrogen (secondary N) is 1. The summed E-state index contributed by atoms with van der Waals surface area (Å²) in [5.74, 6) is 0.678. The number of para-hydroxylation sites is 1. The standard InChI is InChI=1S/C16H21N3O/c1-11-6-3-4-9-14(11)19(2)16(20)13-8-5-7-12-10-17-18-15(12)13/h5,7-8,10-11,14H,3-4,6,9H2,1-2H3,(H,17,18)/t11-,14-/m1/s1. The summed E-state index contributed by atoms with van der Waals surface area (Å²) < 4.78 is 0. The van der Waals surface area contributed by atoms with Crippen molar-refractivity contribution in [2.75, 3.05) is 7.05 Å². The molecule has 1 aromatic heterocycles. The lowest BCUT2D eigenvalue weighted by Gasteiger charge is -2.36. The number of H-pyrrole nitrogens is 1. The van der Waals surface area contributed by atoms with E-state index in [1.54, 1.807) is 6.20 Å². The molecular weight excluding hydrogens is 250 g/mol. The molecule has 1 aliphatic carbocycles. The SMILES string of the molecule is C[C@@H]1CCCC[C@H]1N(C)C(=O)c1cccc2cn[nH]c12. The lowest BCUT2D eigenvalue weighted by molar-refractivity contribution is 0.0630. The molecule has 0 saturated heterocycles. The third-order valence-corrected chi connectivity index (χ3v) is 4.59. The molecule has 0 spiro atoms. The van der Waals surface area contributed by atoms with Gasteiger partial charge >= 0.3 is 0 Å². The Morgan fingerprint density at radius 2 is 2.15 bits per heavy atom. The molecule has 1 amide bonds. The van der Waals surface area contributed by atoms with Gasteiger partial charge in [0.05, 0.1) is 17.3 Å². The molecule has 0 bridgehead atoms. The molecule has 2 atom stereocenters. The van der Waals surface area contributed by atoms with E-state index in [9.17, 15) is 4.79 Å². The Labute approximate surface area is 119 Å². The first-order chi connectivity index (χ1) is 9.68. The number of hydrogen-bond acceptors (Lipinski definition) is 2. The summed E-state index contributed by atoms with van der Waals surface area (Å²) in [6.07, 6.45) is 6.60. The molecule has 1 saturated carbocycles. The highest BCUT2D eigenvalue weighted by atomic mass is 16.2. The molecule has 20 heavy (non-hydrogen) atoms. The zero-order chi connectivity index (χ0) is 14.1. The van der Waals surface area contributed by atoms with Crippen molar-refractivity contribution in [3.63, 3.8) is 0 Å². The monoisotopic (exact) mass is 271 g/mol. The number of carbonyl (C=O) groups excluding carboxylic acids is 1. The molecule has 2 aromatic rings. The maximum absolute atomic E-state index is 12.8. The quantitative estimate of drug-likeness (QED) is 0.911. The molecule has 3 rings (SSSR count). The van der Waals surface area contributed by atoms with Crippen LogP contribution in [0.25, 0.3) is 10.9 Å². The maximum atomic E-state index is 12.8. The van der Waals surface area contributed by atoms with Gasteiger partial charge in [0.25, 0.3) is 5.91 Å². The van der Waals surface area contributed by atoms with Gasteiger partial charge in [0.2, 0.25) is 0 Å². The van der Waals surface area contributed by atoms with E-state index in [1.807, 2.05) is 30.1 Å². The van der Waals surface area contributed by atoms with Gasteiger partial charge in [-0.05, 0) is 24.8 Å². The Morgan fingerprint density at radius 1 is 1.35 bits per heavy atom. The van der Waals surface area contributed by atoms with E-state index in [0.29, 0.717) is 12.0 Å². The van der Waals surface area contributed by atoms with Gasteiger partial charge in [0.1, 0.15) is 0 Å². The molecular formula is C16H21N3O. The van der Waals surface area contributed by atoms with Crippen molar-refractivity contribution in [3.05, 3.63) is 30.0 Å². The number of benzene rings is 1. The molecule has 0 unspecified atom stereocenters. The van der Waals surface area contributed by atoms with E-state index in [4.69, 9.17) is 0 Å². The number of rotatable bonds is 2. The van der Waals surface area contributed by atoms with Crippen LogP contribution in [0.1, 0.15) is 43.0 Å². The Balaban J connectivity index is 1.89. The third kappa shape index (κ3) is 2.19.